The highest BCUT2D eigenvalue weighted by Crippen LogP contribution is 2.41. The topological polar surface area (TPSA) is 49.9 Å². The number of nitrogens with zero attached hydrogens (tertiary/aromatic N) is 2. The summed E-state index contributed by atoms with van der Waals surface area (Å²) in [6.45, 7) is 5.08. The molecule has 0 bridgehead atoms. The van der Waals surface area contributed by atoms with Gasteiger partial charge in [-0.1, -0.05) is 12.1 Å². The van der Waals surface area contributed by atoms with Crippen LogP contribution in [0.25, 0.3) is 0 Å². The van der Waals surface area contributed by atoms with Crippen LogP contribution < -0.4 is 4.74 Å². The van der Waals surface area contributed by atoms with E-state index in [1.807, 2.05) is 36.1 Å². The first-order valence-electron chi connectivity index (χ1n) is 9.82. The van der Waals surface area contributed by atoms with Gasteiger partial charge >= 0.3 is 0 Å². The van der Waals surface area contributed by atoms with Crippen LogP contribution in [0.3, 0.4) is 0 Å². The van der Waals surface area contributed by atoms with Gasteiger partial charge in [0.2, 0.25) is 5.91 Å². The van der Waals surface area contributed by atoms with Gasteiger partial charge in [0, 0.05) is 26.2 Å². The Bertz CT molecular complexity index is 700. The second kappa shape index (κ2) is 6.93. The van der Waals surface area contributed by atoms with Gasteiger partial charge in [0.25, 0.3) is 5.91 Å². The average molecular weight is 356 g/mol. The lowest BCUT2D eigenvalue weighted by molar-refractivity contribution is -0.146. The van der Waals surface area contributed by atoms with E-state index in [-0.39, 0.29) is 23.8 Å². The normalized spacial score (nSPS) is 25.8. The van der Waals surface area contributed by atoms with Crippen LogP contribution in [0, 0.1) is 18.3 Å². The van der Waals surface area contributed by atoms with E-state index >= 15 is 0 Å². The van der Waals surface area contributed by atoms with Crippen LogP contribution in [0.5, 0.6) is 5.75 Å². The van der Waals surface area contributed by atoms with Gasteiger partial charge in [0.15, 0.2) is 6.61 Å². The molecule has 0 N–H and O–H groups in total. The number of rotatable bonds is 5. The molecule has 5 heteroatoms. The zero-order chi connectivity index (χ0) is 18.1. The SMILES string of the molecule is Cc1cccc(OCC(=O)N2CC[C@]3(CCCN(CC4CC4)C3=O)C2)c1. The third-order valence-corrected chi connectivity index (χ3v) is 6.06. The minimum atomic E-state index is -0.341. The van der Waals surface area contributed by atoms with E-state index < -0.39 is 0 Å². The Morgan fingerprint density at radius 1 is 1.27 bits per heavy atom. The molecule has 1 aliphatic carbocycles. The largest absolute Gasteiger partial charge is 0.484 e. The molecule has 1 aromatic rings. The van der Waals surface area contributed by atoms with E-state index in [4.69, 9.17) is 4.74 Å². The van der Waals surface area contributed by atoms with Crippen LogP contribution in [0.2, 0.25) is 0 Å². The molecule has 1 saturated carbocycles. The van der Waals surface area contributed by atoms with Crippen LogP contribution in [-0.2, 0) is 9.59 Å². The summed E-state index contributed by atoms with van der Waals surface area (Å²) >= 11 is 0. The van der Waals surface area contributed by atoms with Crippen molar-refractivity contribution in [3.8, 4) is 5.75 Å². The van der Waals surface area contributed by atoms with Gasteiger partial charge < -0.3 is 14.5 Å². The number of hydrogen-bond acceptors (Lipinski definition) is 3. The molecule has 1 atom stereocenters. The predicted octanol–water partition coefficient (Wildman–Crippen LogP) is 2.62. The maximum atomic E-state index is 13.1. The fourth-order valence-corrected chi connectivity index (χ4v) is 4.34. The number of benzene rings is 1. The Balaban J connectivity index is 1.34. The third kappa shape index (κ3) is 3.57. The number of likely N-dealkylation sites (tertiary alicyclic amines) is 2. The van der Waals surface area contributed by atoms with E-state index in [1.54, 1.807) is 0 Å². The molecule has 1 spiro atoms. The summed E-state index contributed by atoms with van der Waals surface area (Å²) in [5.41, 5.74) is 0.769. The minimum Gasteiger partial charge on any atom is -0.484 e. The first-order chi connectivity index (χ1) is 12.6. The smallest absolute Gasteiger partial charge is 0.260 e. The molecular weight excluding hydrogens is 328 g/mol. The second-order valence-corrected chi connectivity index (χ2v) is 8.25. The summed E-state index contributed by atoms with van der Waals surface area (Å²) in [4.78, 5) is 29.5. The van der Waals surface area contributed by atoms with Crippen LogP contribution in [-0.4, -0.2) is 54.4 Å². The number of hydrogen-bond donors (Lipinski definition) is 0. The van der Waals surface area contributed by atoms with Crippen molar-refractivity contribution >= 4 is 11.8 Å². The summed E-state index contributed by atoms with van der Waals surface area (Å²) in [7, 11) is 0. The average Bonchev–Trinajstić information content (AvgIpc) is 3.35. The second-order valence-electron chi connectivity index (χ2n) is 8.25. The van der Waals surface area contributed by atoms with Gasteiger partial charge in [-0.3, -0.25) is 9.59 Å². The van der Waals surface area contributed by atoms with Gasteiger partial charge in [-0.2, -0.15) is 0 Å². The van der Waals surface area contributed by atoms with E-state index in [9.17, 15) is 9.59 Å². The zero-order valence-electron chi connectivity index (χ0n) is 15.6. The Hall–Kier alpha value is -2.04. The lowest BCUT2D eigenvalue weighted by Crippen LogP contribution is -2.51. The molecule has 0 aromatic heterocycles. The van der Waals surface area contributed by atoms with Crippen molar-refractivity contribution in [1.29, 1.82) is 0 Å². The Labute approximate surface area is 155 Å². The van der Waals surface area contributed by atoms with E-state index in [2.05, 4.69) is 4.90 Å². The van der Waals surface area contributed by atoms with Crippen molar-refractivity contribution < 1.29 is 14.3 Å². The monoisotopic (exact) mass is 356 g/mol. The predicted molar refractivity (Wildman–Crippen MR) is 98.8 cm³/mol. The number of piperidine rings is 1. The van der Waals surface area contributed by atoms with Crippen molar-refractivity contribution in [3.63, 3.8) is 0 Å². The summed E-state index contributed by atoms with van der Waals surface area (Å²) in [6, 6.07) is 7.72. The number of ether oxygens (including phenoxy) is 1. The Morgan fingerprint density at radius 3 is 2.88 bits per heavy atom. The maximum Gasteiger partial charge on any atom is 0.260 e. The van der Waals surface area contributed by atoms with Gasteiger partial charge in [-0.15, -0.1) is 0 Å². The number of aryl methyl sites for hydroxylation is 1. The van der Waals surface area contributed by atoms with Crippen LogP contribution in [0.1, 0.15) is 37.7 Å². The van der Waals surface area contributed by atoms with Crippen molar-refractivity contribution in [3.05, 3.63) is 29.8 Å². The Morgan fingerprint density at radius 2 is 2.12 bits per heavy atom. The molecule has 26 heavy (non-hydrogen) atoms. The highest BCUT2D eigenvalue weighted by molar-refractivity contribution is 5.86. The summed E-state index contributed by atoms with van der Waals surface area (Å²) in [5.74, 6) is 1.70. The molecule has 4 rings (SSSR count). The standard InChI is InChI=1S/C21H28N2O3/c1-16-4-2-5-18(12-16)26-14-19(24)23-11-9-21(15-23)8-3-10-22(20(21)25)13-17-6-7-17/h2,4-5,12,17H,3,6-11,13-15H2,1H3/t21-/m1/s1. The molecule has 0 radical (unpaired) electrons. The number of amides is 2. The first kappa shape index (κ1) is 17.4. The molecule has 0 unspecified atom stereocenters. The van der Waals surface area contributed by atoms with E-state index in [1.165, 1.54) is 12.8 Å². The minimum absolute atomic E-state index is 0.0181. The summed E-state index contributed by atoms with van der Waals surface area (Å²) in [6.07, 6.45) is 5.29. The molecule has 3 fully saturated rings. The van der Waals surface area contributed by atoms with Crippen LogP contribution in [0.15, 0.2) is 24.3 Å². The first-order valence-corrected chi connectivity index (χ1v) is 9.82. The molecule has 2 amide bonds. The van der Waals surface area contributed by atoms with Crippen LogP contribution >= 0.6 is 0 Å². The lowest BCUT2D eigenvalue weighted by atomic mass is 9.78. The zero-order valence-corrected chi connectivity index (χ0v) is 15.6. The van der Waals surface area contributed by atoms with Gasteiger partial charge in [-0.05, 0) is 62.6 Å². The molecule has 5 nitrogen and oxygen atoms in total. The van der Waals surface area contributed by atoms with Gasteiger partial charge in [0.05, 0.1) is 5.41 Å². The molecule has 2 heterocycles. The Kier molecular flexibility index (Phi) is 4.63. The van der Waals surface area contributed by atoms with Crippen molar-refractivity contribution in [2.45, 2.75) is 39.0 Å². The molecule has 3 aliphatic rings. The maximum absolute atomic E-state index is 13.1. The fraction of sp³-hybridized carbons (Fsp3) is 0.619. The quantitative estimate of drug-likeness (QED) is 0.815. The highest BCUT2D eigenvalue weighted by Gasteiger charge is 2.49. The van der Waals surface area contributed by atoms with Crippen molar-refractivity contribution in [1.82, 2.24) is 9.80 Å². The number of carbonyl (C=O) groups is 2. The van der Waals surface area contributed by atoms with Crippen molar-refractivity contribution in [2.24, 2.45) is 11.3 Å². The van der Waals surface area contributed by atoms with Crippen LogP contribution in [0.4, 0.5) is 0 Å². The summed E-state index contributed by atoms with van der Waals surface area (Å²) < 4.78 is 5.66. The lowest BCUT2D eigenvalue weighted by Gasteiger charge is -2.39. The molecular formula is C21H28N2O3. The highest BCUT2D eigenvalue weighted by atomic mass is 16.5. The van der Waals surface area contributed by atoms with Gasteiger partial charge in [-0.25, -0.2) is 0 Å². The molecule has 2 aliphatic heterocycles. The van der Waals surface area contributed by atoms with E-state index in [0.29, 0.717) is 13.1 Å². The van der Waals surface area contributed by atoms with Crippen molar-refractivity contribution in [2.75, 3.05) is 32.8 Å². The molecule has 140 valence electrons. The molecule has 2 saturated heterocycles. The third-order valence-electron chi connectivity index (χ3n) is 6.06. The van der Waals surface area contributed by atoms with E-state index in [0.717, 1.165) is 49.6 Å². The van der Waals surface area contributed by atoms with Gasteiger partial charge in [0.1, 0.15) is 5.75 Å². The molecule has 1 aromatic carbocycles. The summed E-state index contributed by atoms with van der Waals surface area (Å²) in [5, 5.41) is 0. The fourth-order valence-electron chi connectivity index (χ4n) is 4.34. The number of carbonyl (C=O) groups excluding carboxylic acids is 2.